The van der Waals surface area contributed by atoms with Gasteiger partial charge in [0.15, 0.2) is 17.5 Å². The Hall–Kier alpha value is -5.03. The van der Waals surface area contributed by atoms with Crippen molar-refractivity contribution in [3.8, 4) is 51.0 Å². The van der Waals surface area contributed by atoms with Gasteiger partial charge in [0.1, 0.15) is 231 Å². The highest BCUT2D eigenvalue weighted by Gasteiger charge is 2.30. The second kappa shape index (κ2) is 19.3. The SMILES string of the molecule is [B]c1c([B])c([B])c(-c2nc(-c3c([B])c([B])c(-c4c([B])c([B])c([B])c([B])c4[B])c([B])c3[B])nc(-c3c([B])c([B])c4c(oc5c([B])c(-n6c7c([B])c([B])c([B])c([B])c7c7c([B])c([B])c([B])c([B])c76)c([B])c([B])c54)c3[B])n2)c([B])c1[B]. The van der Waals surface area contributed by atoms with Gasteiger partial charge in [-0.3, -0.25) is 0 Å². The lowest BCUT2D eigenvalue weighted by molar-refractivity contribution is 0.674. The third-order valence-corrected chi connectivity index (χ3v) is 14.4. The Kier molecular flexibility index (Phi) is 13.9. The van der Waals surface area contributed by atoms with Crippen LogP contribution in [0.3, 0.4) is 0 Å². The maximum Gasteiger partial charge on any atom is 0.163 e. The van der Waals surface area contributed by atoms with Crippen molar-refractivity contribution >= 4 is 416 Å². The quantitative estimate of drug-likeness (QED) is 0.161. The molecule has 10 rings (SSSR count). The number of rotatable bonds is 5. The summed E-state index contributed by atoms with van der Waals surface area (Å²) in [6, 6.07) is 0. The van der Waals surface area contributed by atoms with Crippen LogP contribution in [0, 0.1) is 0 Å². The largest absolute Gasteiger partial charge is 0.457 e. The van der Waals surface area contributed by atoms with Crippen LogP contribution in [0.25, 0.3) is 94.7 Å². The molecule has 0 amide bonds. The molecule has 7 aromatic carbocycles. The van der Waals surface area contributed by atoms with Crippen molar-refractivity contribution in [1.82, 2.24) is 19.5 Å². The van der Waals surface area contributed by atoms with Crippen molar-refractivity contribution in [3.05, 3.63) is 0 Å². The van der Waals surface area contributed by atoms with Crippen molar-refractivity contribution in [2.45, 2.75) is 0 Å². The molecule has 0 aliphatic carbocycles. The summed E-state index contributed by atoms with van der Waals surface area (Å²) in [7, 11) is 185. The highest BCUT2D eigenvalue weighted by Crippen LogP contribution is 2.31. The molecule has 10 aromatic rings. The molecule has 56 radical (unpaired) electrons. The van der Waals surface area contributed by atoms with Crippen molar-refractivity contribution < 1.29 is 4.42 Å². The minimum absolute atomic E-state index is 0.0164. The molecule has 0 fully saturated rings. The molecule has 0 aliphatic heterocycles. The first kappa shape index (κ1) is 56.3. The summed E-state index contributed by atoms with van der Waals surface area (Å²) in [4.78, 5) is 14.2. The molecule has 0 atom stereocenters. The molecule has 3 heterocycles. The average Bonchev–Trinajstić information content (AvgIpc) is 3.87. The predicted octanol–water partition coefficient (Wildman–Crippen LogP) is -22.2. The molecule has 5 nitrogen and oxygen atoms in total. The van der Waals surface area contributed by atoms with Crippen molar-refractivity contribution in [2.24, 2.45) is 0 Å². The summed E-state index contributed by atoms with van der Waals surface area (Å²) in [6.45, 7) is 0. The van der Waals surface area contributed by atoms with Gasteiger partial charge in [0.2, 0.25) is 0 Å². The molecule has 0 N–H and O–H groups in total. The Morgan fingerprint density at radius 1 is 0.205 bits per heavy atom. The molecule has 0 saturated carbocycles. The van der Waals surface area contributed by atoms with Gasteiger partial charge in [-0.05, 0) is 32.8 Å². The molecule has 33 heteroatoms. The predicted molar refractivity (Wildman–Crippen MR) is 354 cm³/mol. The van der Waals surface area contributed by atoms with E-state index in [-0.39, 0.29) is 248 Å². The van der Waals surface area contributed by atoms with E-state index >= 15 is 0 Å². The Morgan fingerprint density at radius 2 is 0.436 bits per heavy atom. The molecule has 0 aliphatic rings. The fourth-order valence-corrected chi connectivity index (χ4v) is 10.0. The zero-order valence-corrected chi connectivity index (χ0v) is 40.9. The van der Waals surface area contributed by atoms with Gasteiger partial charge in [-0.2, -0.15) is 0 Å². The summed E-state index contributed by atoms with van der Waals surface area (Å²) in [5, 5.41) is 0.461. The third-order valence-electron chi connectivity index (χ3n) is 14.4. The highest BCUT2D eigenvalue weighted by molar-refractivity contribution is 6.75. The summed E-state index contributed by atoms with van der Waals surface area (Å²) >= 11 is 0. The number of nitrogens with zero attached hydrogens (tertiary/aromatic N) is 4. The lowest BCUT2D eigenvalue weighted by Crippen LogP contribution is -2.57. The number of furan rings is 1. The Bertz CT molecular complexity index is 4330. The van der Waals surface area contributed by atoms with Crippen LogP contribution < -0.4 is 153 Å². The van der Waals surface area contributed by atoms with Gasteiger partial charge in [0, 0.05) is 44.2 Å². The Morgan fingerprint density at radius 3 is 0.808 bits per heavy atom. The summed E-state index contributed by atoms with van der Waals surface area (Å²) in [6.07, 6.45) is 0. The van der Waals surface area contributed by atoms with Crippen LogP contribution in [0.5, 0.6) is 0 Å². The van der Waals surface area contributed by atoms with E-state index in [2.05, 4.69) is 4.98 Å². The first-order valence-electron chi connectivity index (χ1n) is 22.5. The fraction of sp³-hybridized carbons (Fsp3) is 0. The molecule has 0 spiro atoms. The Balaban J connectivity index is 1.30. The molecule has 78 heavy (non-hydrogen) atoms. The van der Waals surface area contributed by atoms with E-state index in [0.29, 0.717) is 0 Å². The molecule has 290 valence electrons. The summed E-state index contributed by atoms with van der Waals surface area (Å²) < 4.78 is 7.99. The number of hydrogen-bond donors (Lipinski definition) is 0. The maximum absolute atomic E-state index is 7.11. The van der Waals surface area contributed by atoms with Gasteiger partial charge in [0.25, 0.3) is 0 Å². The maximum atomic E-state index is 7.11. The van der Waals surface area contributed by atoms with Gasteiger partial charge >= 0.3 is 0 Å². The minimum atomic E-state index is -0.347. The number of hydrogen-bond acceptors (Lipinski definition) is 4. The topological polar surface area (TPSA) is 56.7 Å². The van der Waals surface area contributed by atoms with E-state index in [1.165, 1.54) is 4.57 Å². The van der Waals surface area contributed by atoms with E-state index in [0.717, 1.165) is 0 Å². The number of benzene rings is 7. The van der Waals surface area contributed by atoms with Gasteiger partial charge in [-0.25, -0.2) is 15.0 Å². The van der Waals surface area contributed by atoms with Gasteiger partial charge < -0.3 is 8.98 Å². The molecular formula is C45B28N4O. The smallest absolute Gasteiger partial charge is 0.163 e. The van der Waals surface area contributed by atoms with Crippen molar-refractivity contribution in [2.75, 3.05) is 0 Å². The van der Waals surface area contributed by atoms with Crippen LogP contribution in [-0.2, 0) is 0 Å². The van der Waals surface area contributed by atoms with E-state index in [1.54, 1.807) is 0 Å². The highest BCUT2D eigenvalue weighted by atomic mass is 16.3. The molecule has 0 unspecified atom stereocenters. The lowest BCUT2D eigenvalue weighted by atomic mass is 9.56. The first-order chi connectivity index (χ1) is 36.4. The zero-order valence-electron chi connectivity index (χ0n) is 40.9. The van der Waals surface area contributed by atoms with E-state index < -0.39 is 0 Å². The van der Waals surface area contributed by atoms with Gasteiger partial charge in [-0.1, -0.05) is 87.4 Å². The number of aromatic nitrogens is 4. The van der Waals surface area contributed by atoms with Gasteiger partial charge in [-0.15, -0.1) is 54.6 Å². The minimum Gasteiger partial charge on any atom is -0.457 e. The van der Waals surface area contributed by atoms with Crippen molar-refractivity contribution in [3.63, 3.8) is 0 Å². The zero-order chi connectivity index (χ0) is 57.4. The first-order valence-corrected chi connectivity index (χ1v) is 22.5. The normalized spacial score (nSPS) is 11.7. The Labute approximate surface area is 488 Å². The average molecular weight is 915 g/mol. The molecule has 3 aromatic heterocycles. The molecule has 0 bridgehead atoms. The van der Waals surface area contributed by atoms with Crippen LogP contribution in [0.4, 0.5) is 0 Å². The van der Waals surface area contributed by atoms with E-state index in [9.17, 15) is 0 Å². The third kappa shape index (κ3) is 7.52. The number of fused-ring (bicyclic) bond motifs is 6. The molecule has 0 saturated heterocycles. The summed E-state index contributed by atoms with van der Waals surface area (Å²) in [5.41, 5.74) is -5.01. The fourth-order valence-electron chi connectivity index (χ4n) is 10.0. The van der Waals surface area contributed by atoms with E-state index in [4.69, 9.17) is 234 Å². The van der Waals surface area contributed by atoms with E-state index in [1.807, 2.05) is 0 Å². The monoisotopic (exact) mass is 920 g/mol. The van der Waals surface area contributed by atoms with Crippen LogP contribution in [0.15, 0.2) is 4.42 Å². The van der Waals surface area contributed by atoms with Crippen molar-refractivity contribution in [1.29, 1.82) is 0 Å². The van der Waals surface area contributed by atoms with Crippen LogP contribution >= 0.6 is 0 Å². The van der Waals surface area contributed by atoms with Crippen LogP contribution in [0.2, 0.25) is 0 Å². The van der Waals surface area contributed by atoms with Crippen LogP contribution in [0.1, 0.15) is 0 Å². The van der Waals surface area contributed by atoms with Crippen LogP contribution in [-0.4, -0.2) is 239 Å². The summed E-state index contributed by atoms with van der Waals surface area (Å²) in [5.74, 6) is -1.01. The second-order valence-corrected chi connectivity index (χ2v) is 18.4. The second-order valence-electron chi connectivity index (χ2n) is 18.4. The molecular weight excluding hydrogens is 915 g/mol. The van der Waals surface area contributed by atoms with Gasteiger partial charge in [0.05, 0.1) is 0 Å². The lowest BCUT2D eigenvalue weighted by Gasteiger charge is -2.28. The standard InChI is InChI=1S/C45B28N4O/c46-10-1(2-12(48)24(60)30(66)25(61)13(2)49)11(47)19(55)7(18(10)54)43-74-44(8-21(57)28(64)31(67)29(65)22(8)58)76-45(75-43)9-20(56)16(52)5-6-17(53)34(70)40(37(73)42(6)78-41(5)23(9)59)77-38-3(14(50)26(62)32(68)35(38)71)4-15(51)27(63)33(69)36(72)39(4)77.